The Labute approximate surface area is 98.7 Å². The van der Waals surface area contributed by atoms with E-state index in [1.54, 1.807) is 0 Å². The Kier molecular flexibility index (Phi) is 3.31. The molecule has 0 bridgehead atoms. The third kappa shape index (κ3) is 2.13. The molecule has 2 nitrogen and oxygen atoms in total. The number of likely N-dealkylation sites (N-methyl/N-ethyl adjacent to an activating group) is 2. The molecule has 1 atom stereocenters. The van der Waals surface area contributed by atoms with Gasteiger partial charge in [-0.1, -0.05) is 29.8 Å². The summed E-state index contributed by atoms with van der Waals surface area (Å²) in [5.41, 5.74) is 2.91. The second-order valence-electron chi connectivity index (χ2n) is 5.04. The third-order valence-electron chi connectivity index (χ3n) is 3.77. The Hall–Kier alpha value is -0.860. The van der Waals surface area contributed by atoms with E-state index < -0.39 is 0 Å². The average molecular weight is 218 g/mol. The van der Waals surface area contributed by atoms with E-state index >= 15 is 0 Å². The predicted molar refractivity (Wildman–Crippen MR) is 68.6 cm³/mol. The van der Waals surface area contributed by atoms with Gasteiger partial charge >= 0.3 is 0 Å². The standard InChI is InChI=1S/C14H22N2/c1-12-5-7-13(8-6-12)14(15-2)9-4-10-16(3)11-14/h5-8,15H,4,9-11H2,1-3H3. The molecule has 1 aliphatic heterocycles. The van der Waals surface area contributed by atoms with Crippen LogP contribution in [-0.4, -0.2) is 32.1 Å². The van der Waals surface area contributed by atoms with E-state index in [1.807, 2.05) is 0 Å². The Bertz CT molecular complexity index is 344. The van der Waals surface area contributed by atoms with Crippen LogP contribution in [0.15, 0.2) is 24.3 Å². The molecule has 1 aromatic carbocycles. The molecule has 2 heteroatoms. The number of nitrogens with zero attached hydrogens (tertiary/aromatic N) is 1. The molecule has 1 fully saturated rings. The maximum Gasteiger partial charge on any atom is 0.0561 e. The summed E-state index contributed by atoms with van der Waals surface area (Å²) in [6.07, 6.45) is 2.50. The largest absolute Gasteiger partial charge is 0.309 e. The molecule has 0 amide bonds. The molecule has 0 aromatic heterocycles. The van der Waals surface area contributed by atoms with Crippen LogP contribution >= 0.6 is 0 Å². The average Bonchev–Trinajstić information content (AvgIpc) is 2.29. The molecule has 0 aliphatic carbocycles. The lowest BCUT2D eigenvalue weighted by Crippen LogP contribution is -2.52. The maximum absolute atomic E-state index is 3.54. The van der Waals surface area contributed by atoms with E-state index in [1.165, 1.54) is 30.5 Å². The lowest BCUT2D eigenvalue weighted by atomic mass is 9.82. The molecule has 0 spiro atoms. The van der Waals surface area contributed by atoms with Crippen LogP contribution in [0, 0.1) is 6.92 Å². The molecule has 2 rings (SSSR count). The van der Waals surface area contributed by atoms with E-state index in [4.69, 9.17) is 0 Å². The van der Waals surface area contributed by atoms with Crippen molar-refractivity contribution in [3.63, 3.8) is 0 Å². The topological polar surface area (TPSA) is 15.3 Å². The quantitative estimate of drug-likeness (QED) is 0.818. The Morgan fingerprint density at radius 3 is 2.50 bits per heavy atom. The lowest BCUT2D eigenvalue weighted by Gasteiger charge is -2.42. The predicted octanol–water partition coefficient (Wildman–Crippen LogP) is 2.14. The van der Waals surface area contributed by atoms with Gasteiger partial charge in [-0.15, -0.1) is 0 Å². The van der Waals surface area contributed by atoms with E-state index in [2.05, 4.69) is 55.5 Å². The van der Waals surface area contributed by atoms with Crippen molar-refractivity contribution in [3.05, 3.63) is 35.4 Å². The van der Waals surface area contributed by atoms with Crippen LogP contribution in [0.4, 0.5) is 0 Å². The molecular formula is C14H22N2. The number of nitrogens with one attached hydrogen (secondary N) is 1. The van der Waals surface area contributed by atoms with Crippen molar-refractivity contribution >= 4 is 0 Å². The molecule has 0 radical (unpaired) electrons. The smallest absolute Gasteiger partial charge is 0.0561 e. The van der Waals surface area contributed by atoms with E-state index in [-0.39, 0.29) is 5.54 Å². The van der Waals surface area contributed by atoms with Crippen molar-refractivity contribution in [2.45, 2.75) is 25.3 Å². The summed E-state index contributed by atoms with van der Waals surface area (Å²) < 4.78 is 0. The van der Waals surface area contributed by atoms with Crippen molar-refractivity contribution in [1.29, 1.82) is 0 Å². The van der Waals surface area contributed by atoms with Crippen LogP contribution in [0.5, 0.6) is 0 Å². The normalized spacial score (nSPS) is 26.9. The minimum Gasteiger partial charge on any atom is -0.309 e. The fourth-order valence-corrected chi connectivity index (χ4v) is 2.73. The molecule has 1 heterocycles. The van der Waals surface area contributed by atoms with Crippen molar-refractivity contribution in [2.75, 3.05) is 27.2 Å². The second-order valence-corrected chi connectivity index (χ2v) is 5.04. The fraction of sp³-hybridized carbons (Fsp3) is 0.571. The zero-order chi connectivity index (χ0) is 11.6. The van der Waals surface area contributed by atoms with Crippen molar-refractivity contribution in [3.8, 4) is 0 Å². The molecule has 1 saturated heterocycles. The molecule has 0 saturated carbocycles. The highest BCUT2D eigenvalue weighted by molar-refractivity contribution is 5.29. The molecule has 1 aromatic rings. The number of hydrogen-bond donors (Lipinski definition) is 1. The first kappa shape index (κ1) is 11.6. The van der Waals surface area contributed by atoms with E-state index in [9.17, 15) is 0 Å². The van der Waals surface area contributed by atoms with Gasteiger partial charge in [0.2, 0.25) is 0 Å². The number of likely N-dealkylation sites (tertiary alicyclic amines) is 1. The zero-order valence-corrected chi connectivity index (χ0v) is 10.6. The summed E-state index contributed by atoms with van der Waals surface area (Å²) in [5, 5.41) is 3.54. The number of hydrogen-bond acceptors (Lipinski definition) is 2. The summed E-state index contributed by atoms with van der Waals surface area (Å²) in [5.74, 6) is 0. The molecule has 1 aliphatic rings. The van der Waals surface area contributed by atoms with Gasteiger partial charge in [0.1, 0.15) is 0 Å². The summed E-state index contributed by atoms with van der Waals surface area (Å²) in [7, 11) is 4.29. The van der Waals surface area contributed by atoms with Gasteiger partial charge in [0.15, 0.2) is 0 Å². The van der Waals surface area contributed by atoms with Gasteiger partial charge in [0, 0.05) is 6.54 Å². The van der Waals surface area contributed by atoms with Crippen LogP contribution in [0.3, 0.4) is 0 Å². The highest BCUT2D eigenvalue weighted by atomic mass is 15.2. The van der Waals surface area contributed by atoms with Crippen LogP contribution in [0.2, 0.25) is 0 Å². The minimum atomic E-state index is 0.153. The first-order valence-electron chi connectivity index (χ1n) is 6.11. The van der Waals surface area contributed by atoms with Crippen LogP contribution in [0.1, 0.15) is 24.0 Å². The second kappa shape index (κ2) is 4.56. The van der Waals surface area contributed by atoms with Gasteiger partial charge in [-0.2, -0.15) is 0 Å². The Morgan fingerprint density at radius 2 is 1.94 bits per heavy atom. The highest BCUT2D eigenvalue weighted by Gasteiger charge is 2.34. The summed E-state index contributed by atoms with van der Waals surface area (Å²) in [6.45, 7) is 4.46. The Morgan fingerprint density at radius 1 is 1.25 bits per heavy atom. The number of rotatable bonds is 2. The molecular weight excluding hydrogens is 196 g/mol. The van der Waals surface area contributed by atoms with Gasteiger partial charge in [0.25, 0.3) is 0 Å². The molecule has 16 heavy (non-hydrogen) atoms. The first-order valence-corrected chi connectivity index (χ1v) is 6.11. The fourth-order valence-electron chi connectivity index (χ4n) is 2.73. The highest BCUT2D eigenvalue weighted by Crippen LogP contribution is 2.30. The van der Waals surface area contributed by atoms with Gasteiger partial charge in [0.05, 0.1) is 5.54 Å². The van der Waals surface area contributed by atoms with Crippen LogP contribution in [0.25, 0.3) is 0 Å². The summed E-state index contributed by atoms with van der Waals surface area (Å²) in [6, 6.07) is 8.96. The first-order chi connectivity index (χ1) is 7.66. The minimum absolute atomic E-state index is 0.153. The Balaban J connectivity index is 2.29. The lowest BCUT2D eigenvalue weighted by molar-refractivity contribution is 0.152. The van der Waals surface area contributed by atoms with Crippen molar-refractivity contribution < 1.29 is 0 Å². The van der Waals surface area contributed by atoms with E-state index in [0.29, 0.717) is 0 Å². The SMILES string of the molecule is CNC1(c2ccc(C)cc2)CCCN(C)C1. The molecule has 1 N–H and O–H groups in total. The van der Waals surface area contributed by atoms with E-state index in [0.717, 1.165) is 6.54 Å². The number of aryl methyl sites for hydroxylation is 1. The van der Waals surface area contributed by atoms with Crippen molar-refractivity contribution in [2.24, 2.45) is 0 Å². The van der Waals surface area contributed by atoms with Gasteiger partial charge in [-0.25, -0.2) is 0 Å². The molecule has 1 unspecified atom stereocenters. The summed E-state index contributed by atoms with van der Waals surface area (Å²) in [4.78, 5) is 2.42. The van der Waals surface area contributed by atoms with Crippen LogP contribution < -0.4 is 5.32 Å². The third-order valence-corrected chi connectivity index (χ3v) is 3.77. The molecule has 88 valence electrons. The number of piperidine rings is 1. The van der Waals surface area contributed by atoms with Crippen LogP contribution in [-0.2, 0) is 5.54 Å². The van der Waals surface area contributed by atoms with Gasteiger partial charge < -0.3 is 10.2 Å². The van der Waals surface area contributed by atoms with Crippen molar-refractivity contribution in [1.82, 2.24) is 10.2 Å². The zero-order valence-electron chi connectivity index (χ0n) is 10.6. The van der Waals surface area contributed by atoms with Gasteiger partial charge in [-0.05, 0) is 46.0 Å². The van der Waals surface area contributed by atoms with Gasteiger partial charge in [-0.3, -0.25) is 0 Å². The maximum atomic E-state index is 3.54. The summed E-state index contributed by atoms with van der Waals surface area (Å²) >= 11 is 0. The number of benzene rings is 1. The monoisotopic (exact) mass is 218 g/mol.